The van der Waals surface area contributed by atoms with E-state index in [1.807, 2.05) is 60.8 Å². The fourth-order valence-corrected chi connectivity index (χ4v) is 3.80. The molecule has 0 saturated carbocycles. The second kappa shape index (κ2) is 9.22. The first-order chi connectivity index (χ1) is 16.2. The van der Waals surface area contributed by atoms with Crippen molar-refractivity contribution in [3.05, 3.63) is 84.3 Å². The molecule has 2 aromatic carbocycles. The fourth-order valence-electron chi connectivity index (χ4n) is 3.80. The number of carbonyl (C=O) groups excluding carboxylic acids is 1. The lowest BCUT2D eigenvalue weighted by molar-refractivity contribution is -0.117. The molecule has 5 rings (SSSR count). The Kier molecular flexibility index (Phi) is 5.82. The van der Waals surface area contributed by atoms with Gasteiger partial charge in [-0.15, -0.1) is 0 Å². The number of hydrogen-bond acceptors (Lipinski definition) is 6. The van der Waals surface area contributed by atoms with Crippen LogP contribution in [0.2, 0.25) is 0 Å². The van der Waals surface area contributed by atoms with Crippen LogP contribution in [0.3, 0.4) is 0 Å². The molecule has 1 aliphatic rings. The van der Waals surface area contributed by atoms with Gasteiger partial charge in [-0.3, -0.25) is 9.69 Å². The van der Waals surface area contributed by atoms with Gasteiger partial charge in [-0.25, -0.2) is 14.6 Å². The normalized spacial score (nSPS) is 12.8. The second-order valence-electron chi connectivity index (χ2n) is 7.65. The number of fused-ring (bicyclic) bond motifs is 1. The summed E-state index contributed by atoms with van der Waals surface area (Å²) in [6.45, 7) is 1.35. The van der Waals surface area contributed by atoms with E-state index >= 15 is 0 Å². The molecule has 0 unspecified atom stereocenters. The number of rotatable bonds is 8. The molecule has 2 aromatic heterocycles. The largest absolute Gasteiger partial charge is 0.490 e. The molecule has 1 amide bonds. The molecule has 8 nitrogen and oxygen atoms in total. The van der Waals surface area contributed by atoms with Gasteiger partial charge >= 0.3 is 0 Å². The molecule has 1 aliphatic heterocycles. The lowest BCUT2D eigenvalue weighted by Crippen LogP contribution is -2.26. The van der Waals surface area contributed by atoms with E-state index in [0.29, 0.717) is 43.6 Å². The summed E-state index contributed by atoms with van der Waals surface area (Å²) in [5.41, 5.74) is 3.58. The maximum absolute atomic E-state index is 12.8. The maximum atomic E-state index is 12.8. The Morgan fingerprint density at radius 2 is 1.88 bits per heavy atom. The number of ether oxygens (including phenoxy) is 2. The topological polar surface area (TPSA) is 82.4 Å². The van der Waals surface area contributed by atoms with Gasteiger partial charge in [0.25, 0.3) is 0 Å². The van der Waals surface area contributed by atoms with E-state index < -0.39 is 0 Å². The monoisotopic (exact) mass is 441 g/mol. The first kappa shape index (κ1) is 20.8. The third kappa shape index (κ3) is 4.33. The second-order valence-corrected chi connectivity index (χ2v) is 7.65. The minimum absolute atomic E-state index is 0.0113. The van der Waals surface area contributed by atoms with Crippen LogP contribution in [0.1, 0.15) is 11.1 Å². The van der Waals surface area contributed by atoms with E-state index in [1.165, 1.54) is 0 Å². The van der Waals surface area contributed by atoms with E-state index in [-0.39, 0.29) is 5.91 Å². The Bertz CT molecular complexity index is 1260. The molecule has 0 atom stereocenters. The number of amides is 1. The van der Waals surface area contributed by atoms with Crippen molar-refractivity contribution in [2.75, 3.05) is 25.2 Å². The zero-order chi connectivity index (χ0) is 22.6. The van der Waals surface area contributed by atoms with Crippen molar-refractivity contribution in [1.29, 1.82) is 0 Å². The van der Waals surface area contributed by atoms with Gasteiger partial charge in [0.1, 0.15) is 18.2 Å². The number of methoxy groups -OCH3 is 1. The first-order valence-corrected chi connectivity index (χ1v) is 10.7. The van der Waals surface area contributed by atoms with Crippen LogP contribution in [0.5, 0.6) is 5.75 Å². The minimum Gasteiger partial charge on any atom is -0.490 e. The third-order valence-electron chi connectivity index (χ3n) is 5.46. The fraction of sp³-hybridized carbons (Fsp3) is 0.200. The molecule has 0 saturated heterocycles. The first-order valence-electron chi connectivity index (χ1n) is 10.7. The Balaban J connectivity index is 1.40. The molecule has 0 aliphatic carbocycles. The average Bonchev–Trinajstić information content (AvgIpc) is 3.48. The van der Waals surface area contributed by atoms with Gasteiger partial charge in [-0.05, 0) is 35.9 Å². The Morgan fingerprint density at radius 3 is 2.67 bits per heavy atom. The summed E-state index contributed by atoms with van der Waals surface area (Å²) in [5, 5.41) is 4.25. The highest BCUT2D eigenvalue weighted by molar-refractivity contribution is 6.00. The van der Waals surface area contributed by atoms with Crippen molar-refractivity contribution in [3.63, 3.8) is 0 Å². The van der Waals surface area contributed by atoms with Gasteiger partial charge in [0, 0.05) is 31.3 Å². The molecule has 166 valence electrons. The summed E-state index contributed by atoms with van der Waals surface area (Å²) in [6.07, 6.45) is 5.67. The van der Waals surface area contributed by atoms with Crippen molar-refractivity contribution >= 4 is 11.7 Å². The maximum Gasteiger partial charge on any atom is 0.233 e. The average molecular weight is 441 g/mol. The summed E-state index contributed by atoms with van der Waals surface area (Å²) in [6, 6.07) is 17.5. The Hall–Kier alpha value is -4.04. The van der Waals surface area contributed by atoms with Gasteiger partial charge in [-0.1, -0.05) is 24.3 Å². The molecule has 33 heavy (non-hydrogen) atoms. The molecular formula is C25H23N5O3. The van der Waals surface area contributed by atoms with Gasteiger partial charge in [0.15, 0.2) is 5.82 Å². The van der Waals surface area contributed by atoms with Gasteiger partial charge in [-0.2, -0.15) is 5.10 Å². The van der Waals surface area contributed by atoms with Crippen LogP contribution in [-0.4, -0.2) is 46.0 Å². The predicted octanol–water partition coefficient (Wildman–Crippen LogP) is 3.44. The molecule has 0 bridgehead atoms. The number of nitrogens with zero attached hydrogens (tertiary/aromatic N) is 5. The molecule has 0 spiro atoms. The third-order valence-corrected chi connectivity index (χ3v) is 5.46. The van der Waals surface area contributed by atoms with Crippen LogP contribution < -0.4 is 9.64 Å². The molecule has 3 heterocycles. The zero-order valence-corrected chi connectivity index (χ0v) is 18.2. The smallest absolute Gasteiger partial charge is 0.233 e. The number of para-hydroxylation sites is 1. The highest BCUT2D eigenvalue weighted by Gasteiger charge is 2.30. The van der Waals surface area contributed by atoms with Gasteiger partial charge in [0.05, 0.1) is 30.8 Å². The standard InChI is InChI=1S/C25H23N5O3/c1-32-13-14-33-22-6-3-2-5-21(22)24-26-16-19-15-23(31)29(25(19)28-24)17-18-7-9-20(10-8-18)30-12-4-11-27-30/h2-12,16H,13-15,17H2,1H3. The highest BCUT2D eigenvalue weighted by Crippen LogP contribution is 2.33. The van der Waals surface area contributed by atoms with Crippen LogP contribution in [-0.2, 0) is 22.5 Å². The number of aromatic nitrogens is 4. The van der Waals surface area contributed by atoms with Gasteiger partial charge in [0.2, 0.25) is 5.91 Å². The molecular weight excluding hydrogens is 418 g/mol. The molecule has 8 heteroatoms. The van der Waals surface area contributed by atoms with E-state index in [4.69, 9.17) is 14.5 Å². The van der Waals surface area contributed by atoms with E-state index in [1.54, 1.807) is 29.1 Å². The van der Waals surface area contributed by atoms with Crippen LogP contribution in [0, 0.1) is 0 Å². The summed E-state index contributed by atoms with van der Waals surface area (Å²) < 4.78 is 12.7. The van der Waals surface area contributed by atoms with Crippen molar-refractivity contribution < 1.29 is 14.3 Å². The molecule has 0 radical (unpaired) electrons. The van der Waals surface area contributed by atoms with E-state index in [2.05, 4.69) is 10.1 Å². The minimum atomic E-state index is 0.0113. The van der Waals surface area contributed by atoms with Crippen molar-refractivity contribution in [1.82, 2.24) is 19.7 Å². The highest BCUT2D eigenvalue weighted by atomic mass is 16.5. The summed E-state index contributed by atoms with van der Waals surface area (Å²) >= 11 is 0. The number of benzene rings is 2. The van der Waals surface area contributed by atoms with Crippen molar-refractivity contribution in [3.8, 4) is 22.8 Å². The van der Waals surface area contributed by atoms with Crippen LogP contribution >= 0.6 is 0 Å². The SMILES string of the molecule is COCCOc1ccccc1-c1ncc2c(n1)N(Cc1ccc(-n3cccn3)cc1)C(=O)C2. The quantitative estimate of drug-likeness (QED) is 0.390. The predicted molar refractivity (Wildman–Crippen MR) is 123 cm³/mol. The molecule has 4 aromatic rings. The Morgan fingerprint density at radius 1 is 1.03 bits per heavy atom. The number of anilines is 1. The summed E-state index contributed by atoms with van der Waals surface area (Å²) in [5.74, 6) is 1.86. The van der Waals surface area contributed by atoms with Gasteiger partial charge < -0.3 is 9.47 Å². The van der Waals surface area contributed by atoms with Crippen LogP contribution in [0.15, 0.2) is 73.2 Å². The summed E-state index contributed by atoms with van der Waals surface area (Å²) in [4.78, 5) is 23.8. The number of carbonyl (C=O) groups is 1. The number of hydrogen-bond donors (Lipinski definition) is 0. The molecule has 0 N–H and O–H groups in total. The summed E-state index contributed by atoms with van der Waals surface area (Å²) in [7, 11) is 1.63. The van der Waals surface area contributed by atoms with Crippen LogP contribution in [0.25, 0.3) is 17.1 Å². The zero-order valence-electron chi connectivity index (χ0n) is 18.2. The van der Waals surface area contributed by atoms with Crippen molar-refractivity contribution in [2.45, 2.75) is 13.0 Å². The van der Waals surface area contributed by atoms with Crippen molar-refractivity contribution in [2.24, 2.45) is 0 Å². The lowest BCUT2D eigenvalue weighted by Gasteiger charge is -2.18. The van der Waals surface area contributed by atoms with Crippen LogP contribution in [0.4, 0.5) is 5.82 Å². The molecule has 0 fully saturated rings. The Labute approximate surface area is 191 Å². The lowest BCUT2D eigenvalue weighted by atomic mass is 10.1. The van der Waals surface area contributed by atoms with E-state index in [9.17, 15) is 4.79 Å². The van der Waals surface area contributed by atoms with E-state index in [0.717, 1.165) is 22.4 Å².